The van der Waals surface area contributed by atoms with E-state index in [2.05, 4.69) is 12.2 Å². The molecule has 7 heteroatoms. The van der Waals surface area contributed by atoms with Crippen LogP contribution in [0.1, 0.15) is 44.6 Å². The number of ether oxygens (including phenoxy) is 4. The molecule has 0 aromatic heterocycles. The summed E-state index contributed by atoms with van der Waals surface area (Å²) in [6.07, 6.45) is 5.67. The van der Waals surface area contributed by atoms with Crippen molar-refractivity contribution in [1.82, 2.24) is 4.90 Å². The first-order valence-electron chi connectivity index (χ1n) is 11.6. The molecule has 0 spiro atoms. The first-order chi connectivity index (χ1) is 16.1. The second kappa shape index (κ2) is 15.0. The largest absolute Gasteiger partial charge is 0.497 e. The lowest BCUT2D eigenvalue weighted by atomic mass is 10.1. The van der Waals surface area contributed by atoms with E-state index in [0.29, 0.717) is 43.5 Å². The Morgan fingerprint density at radius 3 is 2.27 bits per heavy atom. The molecule has 0 radical (unpaired) electrons. The second-order valence-corrected chi connectivity index (χ2v) is 7.82. The fourth-order valence-corrected chi connectivity index (χ4v) is 3.41. The van der Waals surface area contributed by atoms with Crippen LogP contribution < -0.4 is 19.5 Å². The van der Waals surface area contributed by atoms with E-state index in [1.165, 1.54) is 19.3 Å². The van der Waals surface area contributed by atoms with Crippen LogP contribution in [-0.4, -0.2) is 52.0 Å². The smallest absolute Gasteiger partial charge is 0.322 e. The van der Waals surface area contributed by atoms with Gasteiger partial charge in [0.15, 0.2) is 0 Å². The Kier molecular flexibility index (Phi) is 12.0. The van der Waals surface area contributed by atoms with Crippen molar-refractivity contribution >= 4 is 11.7 Å². The average molecular weight is 459 g/mol. The SMILES string of the molecule is CCCCCCCN(Cc1ccc(OCCOC)cc1)C(=O)Nc1ccc(OC)cc1OC. The number of carbonyl (C=O) groups excluding carboxylic acids is 1. The van der Waals surface area contributed by atoms with E-state index in [4.69, 9.17) is 18.9 Å². The first kappa shape index (κ1) is 26.3. The normalized spacial score (nSPS) is 10.5. The molecule has 33 heavy (non-hydrogen) atoms. The number of hydrogen-bond acceptors (Lipinski definition) is 5. The Balaban J connectivity index is 2.06. The highest BCUT2D eigenvalue weighted by Crippen LogP contribution is 2.29. The van der Waals surface area contributed by atoms with Gasteiger partial charge < -0.3 is 29.2 Å². The molecule has 0 saturated heterocycles. The van der Waals surface area contributed by atoms with Crippen LogP contribution in [0.5, 0.6) is 17.2 Å². The van der Waals surface area contributed by atoms with Crippen LogP contribution in [0.25, 0.3) is 0 Å². The van der Waals surface area contributed by atoms with Crippen LogP contribution in [0, 0.1) is 0 Å². The van der Waals surface area contributed by atoms with Crippen molar-refractivity contribution in [1.29, 1.82) is 0 Å². The molecule has 0 aliphatic carbocycles. The Hall–Kier alpha value is -2.93. The summed E-state index contributed by atoms with van der Waals surface area (Å²) < 4.78 is 21.3. The van der Waals surface area contributed by atoms with E-state index in [1.807, 2.05) is 29.2 Å². The van der Waals surface area contributed by atoms with Gasteiger partial charge in [0.2, 0.25) is 0 Å². The predicted octanol–water partition coefficient (Wildman–Crippen LogP) is 5.73. The summed E-state index contributed by atoms with van der Waals surface area (Å²) in [5.41, 5.74) is 1.65. The Labute approximate surface area is 198 Å². The number of hydrogen-bond donors (Lipinski definition) is 1. The van der Waals surface area contributed by atoms with Crippen molar-refractivity contribution in [3.8, 4) is 17.2 Å². The summed E-state index contributed by atoms with van der Waals surface area (Å²) in [6.45, 7) is 4.44. The van der Waals surface area contributed by atoms with Crippen LogP contribution in [0.2, 0.25) is 0 Å². The lowest BCUT2D eigenvalue weighted by molar-refractivity contribution is 0.146. The highest BCUT2D eigenvalue weighted by molar-refractivity contribution is 5.91. The molecule has 0 aliphatic heterocycles. The van der Waals surface area contributed by atoms with Crippen LogP contribution in [0.3, 0.4) is 0 Å². The number of unbranched alkanes of at least 4 members (excludes halogenated alkanes) is 4. The standard InChI is InChI=1S/C26H38N2O5/c1-5-6-7-8-9-16-28(20-21-10-12-22(13-11-21)33-18-17-30-2)26(29)27-24-15-14-23(31-3)19-25(24)32-4/h10-15,19H,5-9,16-18,20H2,1-4H3,(H,27,29). The number of rotatable bonds is 15. The molecular formula is C26H38N2O5. The minimum atomic E-state index is -0.158. The molecule has 0 atom stereocenters. The lowest BCUT2D eigenvalue weighted by Gasteiger charge is -2.24. The molecule has 2 amide bonds. The number of nitrogens with zero attached hydrogens (tertiary/aromatic N) is 1. The fourth-order valence-electron chi connectivity index (χ4n) is 3.41. The van der Waals surface area contributed by atoms with Crippen molar-refractivity contribution in [2.75, 3.05) is 46.4 Å². The molecule has 7 nitrogen and oxygen atoms in total. The number of carbonyl (C=O) groups is 1. The lowest BCUT2D eigenvalue weighted by Crippen LogP contribution is -2.35. The van der Waals surface area contributed by atoms with Crippen molar-refractivity contribution in [2.45, 2.75) is 45.6 Å². The molecule has 0 unspecified atom stereocenters. The summed E-state index contributed by atoms with van der Waals surface area (Å²) in [6, 6.07) is 13.0. The van der Waals surface area contributed by atoms with Crippen LogP contribution >= 0.6 is 0 Å². The topological polar surface area (TPSA) is 69.3 Å². The molecule has 1 N–H and O–H groups in total. The van der Waals surface area contributed by atoms with E-state index in [1.54, 1.807) is 39.5 Å². The van der Waals surface area contributed by atoms with Crippen molar-refractivity contribution in [3.05, 3.63) is 48.0 Å². The average Bonchev–Trinajstić information content (AvgIpc) is 2.84. The van der Waals surface area contributed by atoms with Gasteiger partial charge in [-0.15, -0.1) is 0 Å². The molecule has 0 fully saturated rings. The number of benzene rings is 2. The highest BCUT2D eigenvalue weighted by Gasteiger charge is 2.16. The summed E-state index contributed by atoms with van der Waals surface area (Å²) in [5.74, 6) is 2.02. The van der Waals surface area contributed by atoms with Gasteiger partial charge in [-0.05, 0) is 36.2 Å². The second-order valence-electron chi connectivity index (χ2n) is 7.82. The number of amides is 2. The van der Waals surface area contributed by atoms with Gasteiger partial charge in [-0.25, -0.2) is 4.79 Å². The fraction of sp³-hybridized carbons (Fsp3) is 0.500. The van der Waals surface area contributed by atoms with Gasteiger partial charge >= 0.3 is 6.03 Å². The van der Waals surface area contributed by atoms with E-state index in [9.17, 15) is 4.79 Å². The van der Waals surface area contributed by atoms with Crippen molar-refractivity contribution < 1.29 is 23.7 Å². The number of urea groups is 1. The van der Waals surface area contributed by atoms with Crippen molar-refractivity contribution in [3.63, 3.8) is 0 Å². The molecule has 2 rings (SSSR count). The Bertz CT molecular complexity index is 826. The van der Waals surface area contributed by atoms with Gasteiger partial charge in [-0.3, -0.25) is 0 Å². The van der Waals surface area contributed by atoms with Gasteiger partial charge in [0.05, 0.1) is 26.5 Å². The summed E-state index contributed by atoms with van der Waals surface area (Å²) in [7, 11) is 4.82. The van der Waals surface area contributed by atoms with Gasteiger partial charge in [-0.1, -0.05) is 44.7 Å². The third-order valence-corrected chi connectivity index (χ3v) is 5.32. The molecule has 0 bridgehead atoms. The minimum Gasteiger partial charge on any atom is -0.497 e. The number of methoxy groups -OCH3 is 3. The molecule has 0 heterocycles. The highest BCUT2D eigenvalue weighted by atomic mass is 16.5. The van der Waals surface area contributed by atoms with E-state index < -0.39 is 0 Å². The number of nitrogens with one attached hydrogen (secondary N) is 1. The summed E-state index contributed by atoms with van der Waals surface area (Å²) in [4.78, 5) is 15.0. The molecular weight excluding hydrogens is 420 g/mol. The maximum Gasteiger partial charge on any atom is 0.322 e. The molecule has 2 aromatic carbocycles. The Morgan fingerprint density at radius 1 is 0.879 bits per heavy atom. The quantitative estimate of drug-likeness (QED) is 0.345. The van der Waals surface area contributed by atoms with Gasteiger partial charge in [0.25, 0.3) is 0 Å². The van der Waals surface area contributed by atoms with E-state index >= 15 is 0 Å². The van der Waals surface area contributed by atoms with Gasteiger partial charge in [-0.2, -0.15) is 0 Å². The number of anilines is 1. The zero-order valence-electron chi connectivity index (χ0n) is 20.4. The predicted molar refractivity (Wildman–Crippen MR) is 132 cm³/mol. The Morgan fingerprint density at radius 2 is 1.61 bits per heavy atom. The minimum absolute atomic E-state index is 0.158. The van der Waals surface area contributed by atoms with Crippen LogP contribution in [0.4, 0.5) is 10.5 Å². The summed E-state index contributed by atoms with van der Waals surface area (Å²) >= 11 is 0. The van der Waals surface area contributed by atoms with E-state index in [-0.39, 0.29) is 6.03 Å². The zero-order chi connectivity index (χ0) is 23.9. The summed E-state index contributed by atoms with van der Waals surface area (Å²) in [5, 5.41) is 3.00. The van der Waals surface area contributed by atoms with Gasteiger partial charge in [0.1, 0.15) is 23.9 Å². The molecule has 182 valence electrons. The van der Waals surface area contributed by atoms with Gasteiger partial charge in [0, 0.05) is 26.3 Å². The first-order valence-corrected chi connectivity index (χ1v) is 11.6. The van der Waals surface area contributed by atoms with Crippen molar-refractivity contribution in [2.24, 2.45) is 0 Å². The van der Waals surface area contributed by atoms with E-state index in [0.717, 1.165) is 24.2 Å². The molecule has 0 saturated carbocycles. The molecule has 0 aliphatic rings. The third kappa shape index (κ3) is 9.22. The third-order valence-electron chi connectivity index (χ3n) is 5.32. The van der Waals surface area contributed by atoms with Crippen LogP contribution in [0.15, 0.2) is 42.5 Å². The maximum atomic E-state index is 13.2. The monoisotopic (exact) mass is 458 g/mol. The molecule has 2 aromatic rings. The zero-order valence-corrected chi connectivity index (χ0v) is 20.4. The van der Waals surface area contributed by atoms with Crippen LogP contribution in [-0.2, 0) is 11.3 Å². The maximum absolute atomic E-state index is 13.2.